The van der Waals surface area contributed by atoms with Crippen LogP contribution >= 0.6 is 0 Å². The van der Waals surface area contributed by atoms with Crippen molar-refractivity contribution in [3.05, 3.63) is 244 Å². The van der Waals surface area contributed by atoms with Crippen molar-refractivity contribution in [1.29, 1.82) is 0 Å². The highest BCUT2D eigenvalue weighted by Gasteiger charge is 2.30. The van der Waals surface area contributed by atoms with E-state index in [9.17, 15) is 20.4 Å². The summed E-state index contributed by atoms with van der Waals surface area (Å²) in [6.07, 6.45) is 1.96. The van der Waals surface area contributed by atoms with Gasteiger partial charge in [0.15, 0.2) is 0 Å². The Labute approximate surface area is 528 Å². The van der Waals surface area contributed by atoms with E-state index in [1.807, 2.05) is 0 Å². The highest BCUT2D eigenvalue weighted by molar-refractivity contribution is 5.61. The molecule has 0 aromatic heterocycles. The predicted molar refractivity (Wildman–Crippen MR) is 365 cm³/mol. The van der Waals surface area contributed by atoms with Gasteiger partial charge in [-0.25, -0.2) is 0 Å². The van der Waals surface area contributed by atoms with E-state index in [0.717, 1.165) is 111 Å². The lowest BCUT2D eigenvalue weighted by molar-refractivity contribution is 0.300. The number of fused-ring (bicyclic) bond motifs is 12. The zero-order valence-corrected chi connectivity index (χ0v) is 56.8. The summed E-state index contributed by atoms with van der Waals surface area (Å²) < 4.78 is 14.4. The summed E-state index contributed by atoms with van der Waals surface area (Å²) in [5.74, 6) is 2.18. The van der Waals surface area contributed by atoms with Crippen molar-refractivity contribution in [2.75, 3.05) is 0 Å². The van der Waals surface area contributed by atoms with E-state index in [0.29, 0.717) is 50.4 Å². The Morgan fingerprint density at radius 2 is 0.420 bits per heavy atom. The van der Waals surface area contributed by atoms with Crippen molar-refractivity contribution in [2.24, 2.45) is 0 Å². The maximum atomic E-state index is 13.0. The van der Waals surface area contributed by atoms with Crippen LogP contribution < -0.4 is 9.47 Å². The van der Waals surface area contributed by atoms with Crippen LogP contribution in [0.4, 0.5) is 0 Å². The molecule has 0 fully saturated rings. The predicted octanol–water partition coefficient (Wildman–Crippen LogP) is 19.9. The molecule has 6 nitrogen and oxygen atoms in total. The Morgan fingerprint density at radius 1 is 0.261 bits per heavy atom. The van der Waals surface area contributed by atoms with Crippen LogP contribution in [0, 0.1) is 13.8 Å². The molecule has 0 aliphatic heterocycles. The van der Waals surface area contributed by atoms with Crippen LogP contribution in [0.3, 0.4) is 0 Å². The van der Waals surface area contributed by atoms with Crippen molar-refractivity contribution in [3.63, 3.8) is 0 Å². The van der Waals surface area contributed by atoms with E-state index in [1.165, 1.54) is 11.1 Å². The van der Waals surface area contributed by atoms with Crippen LogP contribution in [0.1, 0.15) is 247 Å². The number of hydrogen-bond donors (Lipinski definition) is 4. The second-order valence-corrected chi connectivity index (χ2v) is 31.9. The van der Waals surface area contributed by atoms with Gasteiger partial charge in [0.25, 0.3) is 0 Å². The fourth-order valence-corrected chi connectivity index (χ4v) is 12.0. The zero-order chi connectivity index (χ0) is 64.4. The maximum absolute atomic E-state index is 13.0. The summed E-state index contributed by atoms with van der Waals surface area (Å²) in [6, 6.07) is 43.1. The number of aromatic hydroxyl groups is 4. The third-order valence-electron chi connectivity index (χ3n) is 18.0. The Balaban J connectivity index is 1.38. The van der Waals surface area contributed by atoms with Gasteiger partial charge in [0, 0.05) is 38.5 Å². The van der Waals surface area contributed by atoms with Gasteiger partial charge in [-0.15, -0.1) is 0 Å². The molecule has 6 heteroatoms. The van der Waals surface area contributed by atoms with Gasteiger partial charge < -0.3 is 29.9 Å². The minimum Gasteiger partial charge on any atom is -0.507 e. The monoisotopic (exact) mass is 1180 g/mol. The van der Waals surface area contributed by atoms with E-state index in [2.05, 4.69) is 260 Å². The molecule has 88 heavy (non-hydrogen) atoms. The Hall–Kier alpha value is -7.44. The quantitative estimate of drug-likeness (QED) is 0.132. The molecule has 9 rings (SSSR count). The van der Waals surface area contributed by atoms with Crippen LogP contribution in [0.15, 0.2) is 121 Å². The minimum atomic E-state index is -0.299. The molecule has 0 heterocycles. The molecule has 8 aromatic rings. The summed E-state index contributed by atoms with van der Waals surface area (Å²) in [5, 5.41) is 52.1. The molecule has 0 spiro atoms. The second kappa shape index (κ2) is 24.2. The molecule has 0 saturated carbocycles. The third kappa shape index (κ3) is 14.8. The molecule has 8 aromatic carbocycles. The number of hydrogen-bond acceptors (Lipinski definition) is 6. The van der Waals surface area contributed by atoms with Crippen molar-refractivity contribution >= 4 is 0 Å². The van der Waals surface area contributed by atoms with Crippen molar-refractivity contribution in [3.8, 4) is 34.5 Å². The zero-order valence-electron chi connectivity index (χ0n) is 56.8. The highest BCUT2D eigenvalue weighted by Crippen LogP contribution is 2.46. The molecule has 0 atom stereocenters. The highest BCUT2D eigenvalue weighted by atomic mass is 16.5. The molecular formula is C82H100O6. The smallest absolute Gasteiger partial charge is 0.126 e. The largest absolute Gasteiger partial charge is 0.507 e. The van der Waals surface area contributed by atoms with Crippen LogP contribution in [-0.2, 0) is 84.2 Å². The van der Waals surface area contributed by atoms with Gasteiger partial charge in [-0.05, 0) is 158 Å². The van der Waals surface area contributed by atoms with Crippen molar-refractivity contribution < 1.29 is 29.9 Å². The molecule has 0 radical (unpaired) electrons. The van der Waals surface area contributed by atoms with Crippen LogP contribution in [-0.4, -0.2) is 20.4 Å². The first-order valence-electron chi connectivity index (χ1n) is 31.9. The lowest BCUT2D eigenvalue weighted by atomic mass is 9.79. The van der Waals surface area contributed by atoms with Crippen LogP contribution in [0.5, 0.6) is 34.5 Å². The standard InChI is InChI=1S/C82H100O6/c1-49-21-25-51(26-22-49)47-87-75-61-31-57-39-65(77(3,4)5)35-53(71(57)83)29-55-37-67(79(9,10)11)41-59(73(55)85)33-63-45-70(82(18,19)20)46-64(76(63)88-48-52-27-23-50(2)24-28-52)34-60-42-68(80(12,13)14)38-56(74(60)86)30-54-36-66(78(6,7)8)40-58(72(54)84)32-62(75)44-69(43-61)81(15,16)17/h21-28,35-46,83-86H,29-34,47-48H2,1-20H3. The van der Waals surface area contributed by atoms with Gasteiger partial charge >= 0.3 is 0 Å². The Bertz CT molecular complexity index is 3440. The molecule has 464 valence electrons. The van der Waals surface area contributed by atoms with Crippen LogP contribution in [0.2, 0.25) is 0 Å². The van der Waals surface area contributed by atoms with E-state index < -0.39 is 0 Å². The number of rotatable bonds is 6. The first-order valence-corrected chi connectivity index (χ1v) is 31.9. The number of phenolic OH excluding ortho intramolecular Hbond substituents is 4. The normalized spacial score (nSPS) is 13.7. The minimum absolute atomic E-state index is 0.187. The molecule has 0 unspecified atom stereocenters. The fraction of sp³-hybridized carbons (Fsp3) is 0.415. The first kappa shape index (κ1) is 65.0. The van der Waals surface area contributed by atoms with Crippen molar-refractivity contribution in [1.82, 2.24) is 0 Å². The SMILES string of the molecule is Cc1ccc(COc2c3cc(C(C)(C)C)cc2Cc2cc(C(C)(C)C)cc(c2O)Cc2cc(C(C)(C)C)cc(c2O)Cc2cc(C(C)(C)C)cc(c2OCc2ccc(C)cc2)Cc2cc(C(C)(C)C)cc(c2O)Cc2cc(C(C)(C)C)cc(c2O)C3)cc1. The second-order valence-electron chi connectivity index (χ2n) is 31.9. The van der Waals surface area contributed by atoms with Gasteiger partial charge in [0.1, 0.15) is 47.7 Å². The number of ether oxygens (including phenoxy) is 2. The summed E-state index contributed by atoms with van der Waals surface area (Å²) in [7, 11) is 0. The molecule has 4 N–H and O–H groups in total. The van der Waals surface area contributed by atoms with Gasteiger partial charge in [-0.3, -0.25) is 0 Å². The molecule has 12 bridgehead atoms. The average Bonchev–Trinajstić information content (AvgIpc) is 1.92. The van der Waals surface area contributed by atoms with Gasteiger partial charge in [-0.1, -0.05) is 257 Å². The topological polar surface area (TPSA) is 99.4 Å². The summed E-state index contributed by atoms with van der Waals surface area (Å²) in [6.45, 7) is 44.7. The van der Waals surface area contributed by atoms with Crippen molar-refractivity contribution in [2.45, 2.75) is 223 Å². The van der Waals surface area contributed by atoms with E-state index in [1.54, 1.807) is 0 Å². The molecule has 0 amide bonds. The van der Waals surface area contributed by atoms with Gasteiger partial charge in [-0.2, -0.15) is 0 Å². The first-order chi connectivity index (χ1) is 40.8. The lowest BCUT2D eigenvalue weighted by Gasteiger charge is -2.28. The van der Waals surface area contributed by atoms with E-state index in [4.69, 9.17) is 9.47 Å². The number of aryl methyl sites for hydroxylation is 2. The van der Waals surface area contributed by atoms with Crippen LogP contribution in [0.25, 0.3) is 0 Å². The fourth-order valence-electron chi connectivity index (χ4n) is 12.0. The Kier molecular flexibility index (Phi) is 17.9. The molecule has 1 aliphatic carbocycles. The van der Waals surface area contributed by atoms with E-state index in [-0.39, 0.29) is 68.3 Å². The molecular weight excluding hydrogens is 1080 g/mol. The maximum Gasteiger partial charge on any atom is 0.126 e. The average molecular weight is 1180 g/mol. The van der Waals surface area contributed by atoms with Gasteiger partial charge in [0.05, 0.1) is 0 Å². The lowest BCUT2D eigenvalue weighted by Crippen LogP contribution is -2.16. The summed E-state index contributed by atoms with van der Waals surface area (Å²) in [5.41, 5.74) is 18.8. The number of phenols is 4. The number of benzene rings is 8. The van der Waals surface area contributed by atoms with Gasteiger partial charge in [0.2, 0.25) is 0 Å². The molecule has 1 aliphatic rings. The third-order valence-corrected chi connectivity index (χ3v) is 18.0. The van der Waals surface area contributed by atoms with E-state index >= 15 is 0 Å². The Morgan fingerprint density at radius 3 is 0.591 bits per heavy atom. The summed E-state index contributed by atoms with van der Waals surface area (Å²) in [4.78, 5) is 0. The molecule has 0 saturated heterocycles. The summed E-state index contributed by atoms with van der Waals surface area (Å²) >= 11 is 0.